The summed E-state index contributed by atoms with van der Waals surface area (Å²) in [5.41, 5.74) is 9.93. The molecule has 3 nitrogen and oxygen atoms in total. The molecule has 1 aromatic heterocycles. The van der Waals surface area contributed by atoms with E-state index in [4.69, 9.17) is 18.0 Å². The van der Waals surface area contributed by atoms with Gasteiger partial charge in [0.05, 0.1) is 5.01 Å². The Morgan fingerprint density at radius 3 is 2.84 bits per heavy atom. The maximum atomic E-state index is 5.75. The number of benzene rings is 1. The fraction of sp³-hybridized carbons (Fsp3) is 0.286. The van der Waals surface area contributed by atoms with E-state index in [1.807, 2.05) is 19.1 Å². The van der Waals surface area contributed by atoms with Crippen molar-refractivity contribution in [2.75, 3.05) is 11.9 Å². The molecule has 1 heterocycles. The van der Waals surface area contributed by atoms with Crippen LogP contribution in [0.25, 0.3) is 0 Å². The van der Waals surface area contributed by atoms with E-state index in [-0.39, 0.29) is 0 Å². The molecule has 3 N–H and O–H groups in total. The zero-order valence-electron chi connectivity index (χ0n) is 11.1. The second-order valence-corrected chi connectivity index (χ2v) is 5.80. The van der Waals surface area contributed by atoms with Crippen LogP contribution in [0, 0.1) is 13.8 Å². The van der Waals surface area contributed by atoms with Gasteiger partial charge in [-0.3, -0.25) is 0 Å². The highest BCUT2D eigenvalue weighted by atomic mass is 32.1. The van der Waals surface area contributed by atoms with Gasteiger partial charge in [0.25, 0.3) is 0 Å². The molecule has 5 heteroatoms. The van der Waals surface area contributed by atoms with Crippen LogP contribution >= 0.6 is 23.6 Å². The van der Waals surface area contributed by atoms with Crippen LogP contribution in [0.2, 0.25) is 0 Å². The van der Waals surface area contributed by atoms with Crippen LogP contribution < -0.4 is 11.1 Å². The summed E-state index contributed by atoms with van der Waals surface area (Å²) in [5.74, 6) is 0. The summed E-state index contributed by atoms with van der Waals surface area (Å²) in [7, 11) is 0. The number of aryl methyl sites for hydroxylation is 2. The Labute approximate surface area is 122 Å². The maximum Gasteiger partial charge on any atom is 0.106 e. The first-order valence-corrected chi connectivity index (χ1v) is 7.41. The lowest BCUT2D eigenvalue weighted by Crippen LogP contribution is -2.15. The van der Waals surface area contributed by atoms with Gasteiger partial charge in [-0.1, -0.05) is 24.4 Å². The molecule has 0 aliphatic heterocycles. The molecule has 0 amide bonds. The van der Waals surface area contributed by atoms with Gasteiger partial charge >= 0.3 is 0 Å². The van der Waals surface area contributed by atoms with Crippen LogP contribution in [-0.2, 0) is 6.42 Å². The van der Waals surface area contributed by atoms with Gasteiger partial charge in [0.2, 0.25) is 0 Å². The minimum absolute atomic E-state index is 0.427. The van der Waals surface area contributed by atoms with Gasteiger partial charge in [-0.05, 0) is 25.5 Å². The monoisotopic (exact) mass is 291 g/mol. The number of thiocarbonyl (C=S) groups is 1. The number of thiazole rings is 1. The van der Waals surface area contributed by atoms with Gasteiger partial charge in [-0.25, -0.2) is 4.98 Å². The molecular formula is C14H17N3S2. The van der Waals surface area contributed by atoms with Crippen molar-refractivity contribution in [2.45, 2.75) is 20.3 Å². The zero-order chi connectivity index (χ0) is 13.8. The number of nitrogens with two attached hydrogens (primary N) is 1. The third-order valence-corrected chi connectivity index (χ3v) is 4.09. The first-order valence-electron chi connectivity index (χ1n) is 6.12. The summed E-state index contributed by atoms with van der Waals surface area (Å²) < 4.78 is 0. The normalized spacial score (nSPS) is 10.4. The van der Waals surface area contributed by atoms with Crippen molar-refractivity contribution in [1.82, 2.24) is 4.98 Å². The Balaban J connectivity index is 2.05. The topological polar surface area (TPSA) is 50.9 Å². The van der Waals surface area contributed by atoms with Crippen LogP contribution in [-0.4, -0.2) is 16.5 Å². The summed E-state index contributed by atoms with van der Waals surface area (Å²) in [4.78, 5) is 4.88. The molecule has 2 aromatic rings. The molecule has 0 bridgehead atoms. The van der Waals surface area contributed by atoms with Crippen molar-refractivity contribution in [3.05, 3.63) is 45.4 Å². The predicted octanol–water partition coefficient (Wildman–Crippen LogP) is 3.05. The molecular weight excluding hydrogens is 274 g/mol. The lowest BCUT2D eigenvalue weighted by atomic mass is 10.1. The SMILES string of the molecule is Cc1csc(CCNc2c(C)cccc2C(N)=S)n1. The van der Waals surface area contributed by atoms with Gasteiger partial charge < -0.3 is 11.1 Å². The highest BCUT2D eigenvalue weighted by Crippen LogP contribution is 2.20. The van der Waals surface area contributed by atoms with Crippen molar-refractivity contribution in [2.24, 2.45) is 5.73 Å². The third kappa shape index (κ3) is 3.52. The molecule has 0 aliphatic rings. The zero-order valence-corrected chi connectivity index (χ0v) is 12.7. The summed E-state index contributed by atoms with van der Waals surface area (Å²) >= 11 is 6.78. The van der Waals surface area contributed by atoms with Crippen LogP contribution in [0.15, 0.2) is 23.6 Å². The van der Waals surface area contributed by atoms with Crippen molar-refractivity contribution >= 4 is 34.2 Å². The van der Waals surface area contributed by atoms with Gasteiger partial charge in [0.15, 0.2) is 0 Å². The van der Waals surface area contributed by atoms with E-state index in [9.17, 15) is 0 Å². The Morgan fingerprint density at radius 1 is 1.42 bits per heavy atom. The van der Waals surface area contributed by atoms with E-state index >= 15 is 0 Å². The van der Waals surface area contributed by atoms with Crippen molar-refractivity contribution in [3.63, 3.8) is 0 Å². The number of nitrogens with zero attached hydrogens (tertiary/aromatic N) is 1. The second kappa shape index (κ2) is 6.12. The van der Waals surface area contributed by atoms with Gasteiger partial charge in [0, 0.05) is 35.3 Å². The van der Waals surface area contributed by atoms with Crippen LogP contribution in [0.4, 0.5) is 5.69 Å². The molecule has 19 heavy (non-hydrogen) atoms. The predicted molar refractivity (Wildman–Crippen MR) is 86.1 cm³/mol. The number of hydrogen-bond acceptors (Lipinski definition) is 4. The molecule has 0 fully saturated rings. The number of anilines is 1. The molecule has 1 aromatic carbocycles. The summed E-state index contributed by atoms with van der Waals surface area (Å²) in [6.07, 6.45) is 0.906. The molecule has 0 unspecified atom stereocenters. The van der Waals surface area contributed by atoms with Crippen molar-refractivity contribution in [1.29, 1.82) is 0 Å². The Bertz CT molecular complexity index is 590. The Hall–Kier alpha value is -1.46. The number of hydrogen-bond donors (Lipinski definition) is 2. The van der Waals surface area contributed by atoms with Crippen LogP contribution in [0.5, 0.6) is 0 Å². The van der Waals surface area contributed by atoms with E-state index in [0.717, 1.165) is 40.5 Å². The van der Waals surface area contributed by atoms with Crippen molar-refractivity contribution < 1.29 is 0 Å². The average molecular weight is 291 g/mol. The minimum Gasteiger partial charge on any atom is -0.389 e. The van der Waals surface area contributed by atoms with E-state index < -0.39 is 0 Å². The number of nitrogens with one attached hydrogen (secondary N) is 1. The molecule has 0 spiro atoms. The van der Waals surface area contributed by atoms with Gasteiger partial charge in [0.1, 0.15) is 4.99 Å². The van der Waals surface area contributed by atoms with E-state index in [1.54, 1.807) is 11.3 Å². The lowest BCUT2D eigenvalue weighted by Gasteiger charge is -2.13. The van der Waals surface area contributed by atoms with Gasteiger partial charge in [-0.15, -0.1) is 11.3 Å². The van der Waals surface area contributed by atoms with E-state index in [1.165, 1.54) is 0 Å². The van der Waals surface area contributed by atoms with Crippen molar-refractivity contribution in [3.8, 4) is 0 Å². The summed E-state index contributed by atoms with van der Waals surface area (Å²) in [6.45, 7) is 4.89. The first kappa shape index (κ1) is 14.0. The summed E-state index contributed by atoms with van der Waals surface area (Å²) in [5, 5.41) is 6.64. The highest BCUT2D eigenvalue weighted by molar-refractivity contribution is 7.80. The second-order valence-electron chi connectivity index (χ2n) is 4.42. The maximum absolute atomic E-state index is 5.75. The van der Waals surface area contributed by atoms with Crippen LogP contribution in [0.1, 0.15) is 21.8 Å². The van der Waals surface area contributed by atoms with Crippen LogP contribution in [0.3, 0.4) is 0 Å². The molecule has 100 valence electrons. The number of rotatable bonds is 5. The smallest absolute Gasteiger partial charge is 0.106 e. The minimum atomic E-state index is 0.427. The van der Waals surface area contributed by atoms with Gasteiger partial charge in [-0.2, -0.15) is 0 Å². The summed E-state index contributed by atoms with van der Waals surface area (Å²) in [6, 6.07) is 5.97. The number of aromatic nitrogens is 1. The molecule has 0 radical (unpaired) electrons. The van der Waals surface area contributed by atoms with E-state index in [2.05, 4.69) is 28.7 Å². The Morgan fingerprint density at radius 2 is 2.21 bits per heavy atom. The average Bonchev–Trinajstić information content (AvgIpc) is 2.77. The standard InChI is InChI=1S/C14H17N3S2/c1-9-4-3-5-11(14(15)18)13(9)16-7-6-12-17-10(2)8-19-12/h3-5,8,16H,6-7H2,1-2H3,(H2,15,18). The first-order chi connectivity index (χ1) is 9.08. The third-order valence-electron chi connectivity index (χ3n) is 2.85. The molecule has 0 atom stereocenters. The quantitative estimate of drug-likeness (QED) is 0.831. The molecule has 0 saturated heterocycles. The Kier molecular flexibility index (Phi) is 4.50. The molecule has 2 rings (SSSR count). The fourth-order valence-corrected chi connectivity index (χ4v) is 2.87. The highest BCUT2D eigenvalue weighted by Gasteiger charge is 2.07. The van der Waals surface area contributed by atoms with E-state index in [0.29, 0.717) is 4.99 Å². The number of para-hydroxylation sites is 1. The molecule has 0 aliphatic carbocycles. The molecule has 0 saturated carbocycles. The largest absolute Gasteiger partial charge is 0.389 e. The lowest BCUT2D eigenvalue weighted by molar-refractivity contribution is 0.984. The fourth-order valence-electron chi connectivity index (χ4n) is 1.92.